The van der Waals surface area contributed by atoms with E-state index in [0.717, 1.165) is 5.56 Å². The summed E-state index contributed by atoms with van der Waals surface area (Å²) in [4.78, 5) is -0.175. The van der Waals surface area contributed by atoms with Gasteiger partial charge in [-0.1, -0.05) is 17.7 Å². The molecule has 0 bridgehead atoms. The van der Waals surface area contributed by atoms with Gasteiger partial charge >= 0.3 is 6.18 Å². The van der Waals surface area contributed by atoms with Gasteiger partial charge < -0.3 is 4.74 Å². The average Bonchev–Trinajstić information content (AvgIpc) is 2.56. The minimum Gasteiger partial charge on any atom is -0.492 e. The van der Waals surface area contributed by atoms with Crippen LogP contribution in [0.15, 0.2) is 41.3 Å². The molecular formula is C19H19F3N2O3S. The van der Waals surface area contributed by atoms with Gasteiger partial charge in [0.2, 0.25) is 10.0 Å². The van der Waals surface area contributed by atoms with Crippen molar-refractivity contribution in [3.05, 3.63) is 58.7 Å². The summed E-state index contributed by atoms with van der Waals surface area (Å²) in [7, 11) is -4.43. The van der Waals surface area contributed by atoms with Gasteiger partial charge in [-0.25, -0.2) is 8.42 Å². The molecule has 0 aliphatic heterocycles. The second-order valence-electron chi connectivity index (χ2n) is 6.39. The number of hydrogen-bond acceptors (Lipinski definition) is 4. The third-order valence-electron chi connectivity index (χ3n) is 3.97. The monoisotopic (exact) mass is 412 g/mol. The van der Waals surface area contributed by atoms with Crippen LogP contribution in [0.1, 0.15) is 22.3 Å². The molecule has 0 spiro atoms. The fourth-order valence-corrected chi connectivity index (χ4v) is 4.50. The normalized spacial score (nSPS) is 13.0. The summed E-state index contributed by atoms with van der Waals surface area (Å²) in [5.74, 6) is 0.0927. The van der Waals surface area contributed by atoms with Crippen molar-refractivity contribution < 1.29 is 26.3 Å². The summed E-state index contributed by atoms with van der Waals surface area (Å²) in [6.07, 6.45) is -4.85. The second-order valence-corrected chi connectivity index (χ2v) is 8.04. The zero-order valence-corrected chi connectivity index (χ0v) is 16.3. The summed E-state index contributed by atoms with van der Waals surface area (Å²) >= 11 is 0. The van der Waals surface area contributed by atoms with Crippen molar-refractivity contribution in [2.75, 3.05) is 6.61 Å². The molecule has 0 aliphatic rings. The number of rotatable bonds is 6. The average molecular weight is 412 g/mol. The van der Waals surface area contributed by atoms with Crippen LogP contribution in [-0.2, 0) is 10.0 Å². The quantitative estimate of drug-likeness (QED) is 0.783. The molecule has 0 radical (unpaired) electrons. The van der Waals surface area contributed by atoms with Gasteiger partial charge in [-0.3, -0.25) is 0 Å². The summed E-state index contributed by atoms with van der Waals surface area (Å²) in [5.41, 5.74) is 1.86. The third-order valence-corrected chi connectivity index (χ3v) is 5.74. The number of aryl methyl sites for hydroxylation is 3. The number of nitrogens with zero attached hydrogens (tertiary/aromatic N) is 1. The Hall–Kier alpha value is -2.57. The number of benzene rings is 2. The van der Waals surface area contributed by atoms with E-state index in [1.54, 1.807) is 23.8 Å². The molecule has 28 heavy (non-hydrogen) atoms. The molecule has 1 unspecified atom stereocenters. The van der Waals surface area contributed by atoms with E-state index in [0.29, 0.717) is 16.7 Å². The van der Waals surface area contributed by atoms with Crippen LogP contribution in [0, 0.1) is 32.1 Å². The molecule has 5 nitrogen and oxygen atoms in total. The second kappa shape index (κ2) is 8.20. The number of nitrogens with one attached hydrogen (secondary N) is 1. The maximum absolute atomic E-state index is 13.4. The Morgan fingerprint density at radius 1 is 1.11 bits per heavy atom. The highest BCUT2D eigenvalue weighted by atomic mass is 32.2. The number of hydrogen-bond donors (Lipinski definition) is 1. The number of alkyl halides is 3. The highest BCUT2D eigenvalue weighted by Gasteiger charge is 2.43. The first-order chi connectivity index (χ1) is 12.9. The fourth-order valence-electron chi connectivity index (χ4n) is 2.84. The van der Waals surface area contributed by atoms with Gasteiger partial charge in [-0.05, 0) is 56.2 Å². The lowest BCUT2D eigenvalue weighted by Gasteiger charge is -2.23. The minimum absolute atomic E-state index is 0.0927. The molecule has 1 atom stereocenters. The highest BCUT2D eigenvalue weighted by molar-refractivity contribution is 7.89. The van der Waals surface area contributed by atoms with E-state index >= 15 is 0 Å². The van der Waals surface area contributed by atoms with E-state index in [2.05, 4.69) is 0 Å². The van der Waals surface area contributed by atoms with Gasteiger partial charge in [0, 0.05) is 0 Å². The zero-order chi connectivity index (χ0) is 21.1. The van der Waals surface area contributed by atoms with E-state index in [1.807, 2.05) is 6.07 Å². The van der Waals surface area contributed by atoms with Gasteiger partial charge in [0.05, 0.1) is 16.5 Å². The van der Waals surface area contributed by atoms with Crippen molar-refractivity contribution in [2.24, 2.45) is 0 Å². The van der Waals surface area contributed by atoms with Gasteiger partial charge in [0.15, 0.2) is 6.04 Å². The molecule has 2 aromatic carbocycles. The van der Waals surface area contributed by atoms with Crippen LogP contribution in [0.4, 0.5) is 13.2 Å². The van der Waals surface area contributed by atoms with E-state index < -0.39 is 28.8 Å². The molecule has 2 rings (SSSR count). The summed E-state index contributed by atoms with van der Waals surface area (Å²) in [6.45, 7) is 3.89. The van der Waals surface area contributed by atoms with E-state index in [-0.39, 0.29) is 10.6 Å². The molecule has 0 saturated carbocycles. The van der Waals surface area contributed by atoms with Crippen molar-refractivity contribution in [3.8, 4) is 11.8 Å². The van der Waals surface area contributed by atoms with Crippen LogP contribution >= 0.6 is 0 Å². The number of halogens is 3. The van der Waals surface area contributed by atoms with Gasteiger partial charge in [-0.2, -0.15) is 23.2 Å². The minimum atomic E-state index is -4.85. The predicted molar refractivity (Wildman–Crippen MR) is 97.5 cm³/mol. The van der Waals surface area contributed by atoms with Crippen LogP contribution in [0.25, 0.3) is 0 Å². The Balaban J connectivity index is 2.25. The summed E-state index contributed by atoms with van der Waals surface area (Å²) < 4.78 is 72.3. The van der Waals surface area contributed by atoms with Crippen molar-refractivity contribution in [1.29, 1.82) is 5.26 Å². The Kier molecular flexibility index (Phi) is 6.37. The van der Waals surface area contributed by atoms with Gasteiger partial charge in [0.1, 0.15) is 12.4 Å². The molecule has 0 aliphatic carbocycles. The molecule has 9 heteroatoms. The molecule has 0 heterocycles. The molecule has 0 saturated heterocycles. The van der Waals surface area contributed by atoms with Crippen molar-refractivity contribution in [2.45, 2.75) is 37.9 Å². The molecule has 1 N–H and O–H groups in total. The molecule has 0 amide bonds. The summed E-state index contributed by atoms with van der Waals surface area (Å²) in [5, 5.41) is 8.73. The maximum Gasteiger partial charge on any atom is 0.408 e. The standard InChI is InChI=1S/C19H19F3N2O3S/c1-12-8-13(2)18(14(3)9-12)28(25,26)24-17(19(20,21)22)11-27-16-6-4-15(10-23)5-7-16/h4-9,17,24H,11H2,1-3H3. The first-order valence-corrected chi connectivity index (χ1v) is 9.72. The van der Waals surface area contributed by atoms with Crippen LogP contribution in [0.2, 0.25) is 0 Å². The van der Waals surface area contributed by atoms with Gasteiger partial charge in [-0.15, -0.1) is 0 Å². The highest BCUT2D eigenvalue weighted by Crippen LogP contribution is 2.26. The van der Waals surface area contributed by atoms with Crippen LogP contribution in [0.5, 0.6) is 5.75 Å². The van der Waals surface area contributed by atoms with Crippen molar-refractivity contribution in [3.63, 3.8) is 0 Å². The van der Waals surface area contributed by atoms with E-state index in [1.165, 1.54) is 38.1 Å². The van der Waals surface area contributed by atoms with Gasteiger partial charge in [0.25, 0.3) is 0 Å². The molecule has 0 aromatic heterocycles. The number of nitriles is 1. The molecular weight excluding hydrogens is 393 g/mol. The first-order valence-electron chi connectivity index (χ1n) is 8.24. The Bertz CT molecular complexity index is 972. The maximum atomic E-state index is 13.4. The number of ether oxygens (including phenoxy) is 1. The van der Waals surface area contributed by atoms with Crippen LogP contribution in [-0.4, -0.2) is 27.2 Å². The lowest BCUT2D eigenvalue weighted by atomic mass is 10.1. The van der Waals surface area contributed by atoms with Crippen molar-refractivity contribution >= 4 is 10.0 Å². The predicted octanol–water partition coefficient (Wildman–Crippen LogP) is 3.77. The first kappa shape index (κ1) is 21.7. The smallest absolute Gasteiger partial charge is 0.408 e. The Morgan fingerprint density at radius 3 is 2.11 bits per heavy atom. The van der Waals surface area contributed by atoms with Crippen LogP contribution in [0.3, 0.4) is 0 Å². The SMILES string of the molecule is Cc1cc(C)c(S(=O)(=O)NC(COc2ccc(C#N)cc2)C(F)(F)F)c(C)c1. The fraction of sp³-hybridized carbons (Fsp3) is 0.316. The topological polar surface area (TPSA) is 79.2 Å². The largest absolute Gasteiger partial charge is 0.492 e. The van der Waals surface area contributed by atoms with E-state index in [9.17, 15) is 21.6 Å². The molecule has 2 aromatic rings. The molecule has 150 valence electrons. The lowest BCUT2D eigenvalue weighted by molar-refractivity contribution is -0.157. The zero-order valence-electron chi connectivity index (χ0n) is 15.5. The summed E-state index contributed by atoms with van der Waals surface area (Å²) in [6, 6.07) is 8.10. The Morgan fingerprint density at radius 2 is 1.64 bits per heavy atom. The van der Waals surface area contributed by atoms with Crippen LogP contribution < -0.4 is 9.46 Å². The number of sulfonamides is 1. The molecule has 0 fully saturated rings. The van der Waals surface area contributed by atoms with Crippen molar-refractivity contribution in [1.82, 2.24) is 4.72 Å². The third kappa shape index (κ3) is 5.24. The van der Waals surface area contributed by atoms with E-state index in [4.69, 9.17) is 10.00 Å². The Labute approximate surface area is 161 Å². The lowest BCUT2D eigenvalue weighted by Crippen LogP contribution is -2.49.